The summed E-state index contributed by atoms with van der Waals surface area (Å²) in [7, 11) is 0. The summed E-state index contributed by atoms with van der Waals surface area (Å²) < 4.78 is 1.11. The first-order valence-corrected chi connectivity index (χ1v) is 9.95. The van der Waals surface area contributed by atoms with Crippen molar-refractivity contribution in [1.29, 1.82) is 0 Å². The number of fused-ring (bicyclic) bond motifs is 1. The third kappa shape index (κ3) is 7.29. The van der Waals surface area contributed by atoms with Crippen LogP contribution in [0.25, 0.3) is 10.8 Å². The second kappa shape index (κ2) is 10.9. The molecule has 136 valence electrons. The lowest BCUT2D eigenvalue weighted by Crippen LogP contribution is -2.10. The van der Waals surface area contributed by atoms with Crippen LogP contribution in [0.15, 0.2) is 42.5 Å². The van der Waals surface area contributed by atoms with Gasteiger partial charge in [-0.15, -0.1) is 0 Å². The maximum Gasteiger partial charge on any atom is 0.178 e. The lowest BCUT2D eigenvalue weighted by Gasteiger charge is -2.09. The Kier molecular flexibility index (Phi) is 8.51. The van der Waals surface area contributed by atoms with Crippen molar-refractivity contribution >= 4 is 17.0 Å². The van der Waals surface area contributed by atoms with Crippen molar-refractivity contribution < 1.29 is 4.74 Å². The summed E-state index contributed by atoms with van der Waals surface area (Å²) >= 11 is 0. The van der Waals surface area contributed by atoms with Crippen LogP contribution in [0.5, 0.6) is 0 Å². The molecule has 0 aromatic heterocycles. The predicted molar refractivity (Wildman–Crippen MR) is 109 cm³/mol. The third-order valence-electron chi connectivity index (χ3n) is 4.84. The van der Waals surface area contributed by atoms with Crippen molar-refractivity contribution in [3.8, 4) is 0 Å². The van der Waals surface area contributed by atoms with Crippen LogP contribution in [-0.2, 0) is 6.54 Å². The van der Waals surface area contributed by atoms with Gasteiger partial charge in [0, 0.05) is 11.5 Å². The maximum atomic E-state index is 12.2. The molecule has 0 radical (unpaired) electrons. The minimum absolute atomic E-state index is 0.355. The van der Waals surface area contributed by atoms with Gasteiger partial charge in [-0.1, -0.05) is 95.2 Å². The van der Waals surface area contributed by atoms with E-state index in [4.69, 9.17) is 0 Å². The van der Waals surface area contributed by atoms with E-state index in [0.29, 0.717) is 12.5 Å². The fourth-order valence-corrected chi connectivity index (χ4v) is 3.35. The van der Waals surface area contributed by atoms with E-state index in [-0.39, 0.29) is 0 Å². The van der Waals surface area contributed by atoms with Gasteiger partial charge in [-0.05, 0) is 23.3 Å². The van der Waals surface area contributed by atoms with Gasteiger partial charge in [-0.25, -0.2) is 4.74 Å². The first-order chi connectivity index (χ1) is 12.2. The molecule has 0 fully saturated rings. The highest BCUT2D eigenvalue weighted by atomic mass is 16.5. The summed E-state index contributed by atoms with van der Waals surface area (Å²) in [5, 5.41) is 14.6. The first kappa shape index (κ1) is 19.5. The van der Waals surface area contributed by atoms with Gasteiger partial charge in [-0.2, -0.15) is 0 Å². The molecule has 0 heterocycles. The fourth-order valence-electron chi connectivity index (χ4n) is 3.35. The molecule has 0 saturated carbocycles. The van der Waals surface area contributed by atoms with Gasteiger partial charge in [0.05, 0.1) is 0 Å². The van der Waals surface area contributed by atoms with Gasteiger partial charge in [0.1, 0.15) is 0 Å². The van der Waals surface area contributed by atoms with Crippen LogP contribution in [0.3, 0.4) is 0 Å². The summed E-state index contributed by atoms with van der Waals surface area (Å²) in [4.78, 5) is 0. The summed E-state index contributed by atoms with van der Waals surface area (Å²) in [6.07, 6.45) is 12.2. The zero-order valence-electron chi connectivity index (χ0n) is 15.9. The molecule has 0 aliphatic rings. The Balaban J connectivity index is 1.73. The topological polar surface area (TPSA) is 26.1 Å². The fraction of sp³-hybridized carbons (Fsp3) is 0.522. The van der Waals surface area contributed by atoms with Crippen molar-refractivity contribution in [1.82, 2.24) is 0 Å². The summed E-state index contributed by atoms with van der Waals surface area (Å²) in [6, 6.07) is 14.6. The highest BCUT2D eigenvalue weighted by Gasteiger charge is 2.05. The molecule has 0 bridgehead atoms. The Morgan fingerprint density at radius 1 is 0.920 bits per heavy atom. The number of rotatable bonds is 11. The van der Waals surface area contributed by atoms with E-state index in [1.165, 1.54) is 55.7 Å². The summed E-state index contributed by atoms with van der Waals surface area (Å²) in [5.41, 5.74) is 1.08. The van der Waals surface area contributed by atoms with Crippen LogP contribution < -0.4 is 0 Å². The average molecular weight is 340 g/mol. The zero-order valence-corrected chi connectivity index (χ0v) is 15.9. The molecule has 0 amide bonds. The molecule has 0 spiro atoms. The van der Waals surface area contributed by atoms with Gasteiger partial charge >= 0.3 is 0 Å². The lowest BCUT2D eigenvalue weighted by atomic mass is 10.0. The van der Waals surface area contributed by atoms with E-state index >= 15 is 0 Å². The Labute approximate surface area is 153 Å². The Bertz CT molecular complexity index is 662. The number of hydroxylamine groups is 1. The molecule has 1 unspecified atom stereocenters. The van der Waals surface area contributed by atoms with Gasteiger partial charge in [0.15, 0.2) is 12.8 Å². The van der Waals surface area contributed by atoms with E-state index in [1.807, 2.05) is 18.3 Å². The van der Waals surface area contributed by atoms with Crippen molar-refractivity contribution in [3.63, 3.8) is 0 Å². The van der Waals surface area contributed by atoms with Crippen molar-refractivity contribution in [2.45, 2.75) is 71.8 Å². The Hall–Kier alpha value is -1.83. The molecule has 0 saturated heterocycles. The molecule has 1 atom stereocenters. The Morgan fingerprint density at radius 3 is 2.36 bits per heavy atom. The molecule has 2 nitrogen and oxygen atoms in total. The second-order valence-electron chi connectivity index (χ2n) is 7.29. The normalized spacial score (nSPS) is 13.3. The number of hydrogen-bond donors (Lipinski definition) is 0. The van der Waals surface area contributed by atoms with Crippen LogP contribution in [0.1, 0.15) is 70.8 Å². The van der Waals surface area contributed by atoms with Crippen LogP contribution in [0.4, 0.5) is 0 Å². The van der Waals surface area contributed by atoms with Crippen molar-refractivity contribution in [3.05, 3.63) is 53.2 Å². The number of hydrogen-bond acceptors (Lipinski definition) is 1. The van der Waals surface area contributed by atoms with Crippen LogP contribution in [-0.4, -0.2) is 11.0 Å². The van der Waals surface area contributed by atoms with Gasteiger partial charge in [0.25, 0.3) is 0 Å². The van der Waals surface area contributed by atoms with E-state index in [2.05, 4.69) is 44.2 Å². The standard InChI is InChI=1S/C23H33NO/c1-3-4-5-6-7-8-9-12-20(2)18-24(25)19-21-15-16-22-13-10-11-14-23(22)17-21/h10-11,13-18,20H,3-9,12,19H2,1-2H3. The minimum atomic E-state index is 0.355. The molecule has 2 rings (SSSR count). The highest BCUT2D eigenvalue weighted by molar-refractivity contribution is 5.82. The lowest BCUT2D eigenvalue weighted by molar-refractivity contribution is -0.472. The highest BCUT2D eigenvalue weighted by Crippen LogP contribution is 2.16. The van der Waals surface area contributed by atoms with E-state index in [0.717, 1.165) is 16.7 Å². The molecule has 0 aliphatic heterocycles. The Morgan fingerprint density at radius 2 is 1.60 bits per heavy atom. The van der Waals surface area contributed by atoms with E-state index in [9.17, 15) is 5.21 Å². The molecule has 2 aromatic carbocycles. The average Bonchev–Trinajstić information content (AvgIpc) is 2.60. The van der Waals surface area contributed by atoms with Crippen molar-refractivity contribution in [2.75, 3.05) is 0 Å². The molecule has 2 aromatic rings. The number of unbranched alkanes of at least 4 members (excludes halogenated alkanes) is 6. The largest absolute Gasteiger partial charge is 0.624 e. The first-order valence-electron chi connectivity index (χ1n) is 9.95. The second-order valence-corrected chi connectivity index (χ2v) is 7.29. The molecule has 0 N–H and O–H groups in total. The zero-order chi connectivity index (χ0) is 17.9. The minimum Gasteiger partial charge on any atom is -0.624 e. The molecule has 2 heteroatoms. The van der Waals surface area contributed by atoms with E-state index < -0.39 is 0 Å². The SMILES string of the molecule is CCCCCCCCCC(C)C=[N+]([O-])Cc1ccc2ccccc2c1. The third-order valence-corrected chi connectivity index (χ3v) is 4.84. The predicted octanol–water partition coefficient (Wildman–Crippen LogP) is 6.70. The van der Waals surface area contributed by atoms with Crippen LogP contribution in [0, 0.1) is 11.1 Å². The summed E-state index contributed by atoms with van der Waals surface area (Å²) in [5.74, 6) is 0.355. The van der Waals surface area contributed by atoms with Crippen LogP contribution >= 0.6 is 0 Å². The van der Waals surface area contributed by atoms with Gasteiger partial charge in [-0.3, -0.25) is 0 Å². The quantitative estimate of drug-likeness (QED) is 0.147. The van der Waals surface area contributed by atoms with Crippen molar-refractivity contribution in [2.24, 2.45) is 5.92 Å². The molecular weight excluding hydrogens is 306 g/mol. The molecule has 0 aliphatic carbocycles. The van der Waals surface area contributed by atoms with E-state index in [1.54, 1.807) is 0 Å². The maximum absolute atomic E-state index is 12.2. The van der Waals surface area contributed by atoms with Gasteiger partial charge in [0.2, 0.25) is 0 Å². The smallest absolute Gasteiger partial charge is 0.178 e. The monoisotopic (exact) mass is 339 g/mol. The molecular formula is C23H33NO. The molecule has 25 heavy (non-hydrogen) atoms. The van der Waals surface area contributed by atoms with Gasteiger partial charge < -0.3 is 5.21 Å². The van der Waals surface area contributed by atoms with Crippen LogP contribution in [0.2, 0.25) is 0 Å². The summed E-state index contributed by atoms with van der Waals surface area (Å²) in [6.45, 7) is 4.85. The number of benzene rings is 2. The number of nitrogens with zero attached hydrogens (tertiary/aromatic N) is 1.